The zero-order valence-corrected chi connectivity index (χ0v) is 15.8. The van der Waals surface area contributed by atoms with Crippen LogP contribution in [-0.2, 0) is 24.9 Å². The molecule has 26 heavy (non-hydrogen) atoms. The van der Waals surface area contributed by atoms with Crippen molar-refractivity contribution in [3.05, 3.63) is 42.0 Å². The zero-order chi connectivity index (χ0) is 18.9. The molecule has 0 saturated carbocycles. The minimum absolute atomic E-state index is 0.000390. The van der Waals surface area contributed by atoms with Gasteiger partial charge in [0.1, 0.15) is 12.2 Å². The molecule has 1 aromatic heterocycles. The number of amides is 1. The summed E-state index contributed by atoms with van der Waals surface area (Å²) in [6.45, 7) is 5.05. The van der Waals surface area contributed by atoms with Crippen LogP contribution in [0.25, 0.3) is 0 Å². The molecule has 1 unspecified atom stereocenters. The van der Waals surface area contributed by atoms with Gasteiger partial charge in [-0.25, -0.2) is 4.98 Å². The van der Waals surface area contributed by atoms with Crippen LogP contribution in [0, 0.1) is 5.92 Å². The van der Waals surface area contributed by atoms with Gasteiger partial charge in [-0.2, -0.15) is 5.10 Å². The highest BCUT2D eigenvalue weighted by molar-refractivity contribution is 5.92. The van der Waals surface area contributed by atoms with Crippen LogP contribution in [0.1, 0.15) is 31.7 Å². The van der Waals surface area contributed by atoms with E-state index in [9.17, 15) is 4.79 Å². The summed E-state index contributed by atoms with van der Waals surface area (Å²) in [7, 11) is 3.56. The summed E-state index contributed by atoms with van der Waals surface area (Å²) < 4.78 is 1.71. The third kappa shape index (κ3) is 5.58. The standard InChI is InChI=1S/C18H27N7O/c1-5-13(2)17(26)24-15-8-6-7-14(9-15)10-20-18(19-3)21-11-16-22-12-23-25(16)4/h6-9,12-13H,5,10-11H2,1-4H3,(H,24,26)(H2,19,20,21). The predicted octanol–water partition coefficient (Wildman–Crippen LogP) is 1.66. The first-order chi connectivity index (χ1) is 12.5. The maximum atomic E-state index is 12.0. The predicted molar refractivity (Wildman–Crippen MR) is 103 cm³/mol. The van der Waals surface area contributed by atoms with Crippen molar-refractivity contribution in [3.63, 3.8) is 0 Å². The van der Waals surface area contributed by atoms with Crippen molar-refractivity contribution in [2.24, 2.45) is 18.0 Å². The molecule has 0 fully saturated rings. The molecule has 2 aromatic rings. The fraction of sp³-hybridized carbons (Fsp3) is 0.444. The van der Waals surface area contributed by atoms with E-state index in [-0.39, 0.29) is 11.8 Å². The van der Waals surface area contributed by atoms with Gasteiger partial charge in [0.2, 0.25) is 5.91 Å². The van der Waals surface area contributed by atoms with Gasteiger partial charge in [0.15, 0.2) is 5.96 Å². The van der Waals surface area contributed by atoms with Crippen LogP contribution in [-0.4, -0.2) is 33.7 Å². The molecule has 8 nitrogen and oxygen atoms in total. The van der Waals surface area contributed by atoms with E-state index in [0.29, 0.717) is 19.0 Å². The molecule has 0 saturated heterocycles. The monoisotopic (exact) mass is 357 g/mol. The Labute approximate surface area is 154 Å². The van der Waals surface area contributed by atoms with Crippen LogP contribution in [0.3, 0.4) is 0 Å². The third-order valence-electron chi connectivity index (χ3n) is 4.16. The number of nitrogens with one attached hydrogen (secondary N) is 3. The highest BCUT2D eigenvalue weighted by Crippen LogP contribution is 2.13. The molecule has 1 aromatic carbocycles. The van der Waals surface area contributed by atoms with Gasteiger partial charge >= 0.3 is 0 Å². The second kappa shape index (κ2) is 9.55. The number of nitrogens with zero attached hydrogens (tertiary/aromatic N) is 4. The Hall–Kier alpha value is -2.90. The van der Waals surface area contributed by atoms with E-state index in [2.05, 4.69) is 31.0 Å². The van der Waals surface area contributed by atoms with Crippen molar-refractivity contribution in [3.8, 4) is 0 Å². The number of guanidine groups is 1. The van der Waals surface area contributed by atoms with Crippen LogP contribution in [0.4, 0.5) is 5.69 Å². The van der Waals surface area contributed by atoms with Crippen molar-refractivity contribution in [1.82, 2.24) is 25.4 Å². The maximum Gasteiger partial charge on any atom is 0.227 e. The Morgan fingerprint density at radius 1 is 1.31 bits per heavy atom. The lowest BCUT2D eigenvalue weighted by atomic mass is 10.1. The molecule has 2 rings (SSSR count). The van der Waals surface area contributed by atoms with Gasteiger partial charge in [0.25, 0.3) is 0 Å². The molecule has 0 aliphatic rings. The molecule has 3 N–H and O–H groups in total. The number of aliphatic imine (C=N–C) groups is 1. The minimum atomic E-state index is 0.000390. The van der Waals surface area contributed by atoms with Gasteiger partial charge in [-0.1, -0.05) is 26.0 Å². The summed E-state index contributed by atoms with van der Waals surface area (Å²) in [4.78, 5) is 20.4. The number of aryl methyl sites for hydroxylation is 1. The Morgan fingerprint density at radius 2 is 2.08 bits per heavy atom. The van der Waals surface area contributed by atoms with Gasteiger partial charge in [0.05, 0.1) is 6.54 Å². The Balaban J connectivity index is 1.88. The summed E-state index contributed by atoms with van der Waals surface area (Å²) in [5.74, 6) is 1.53. The van der Waals surface area contributed by atoms with Crippen molar-refractivity contribution >= 4 is 17.6 Å². The molecule has 8 heteroatoms. The van der Waals surface area contributed by atoms with Crippen molar-refractivity contribution in [2.75, 3.05) is 12.4 Å². The molecule has 0 radical (unpaired) electrons. The summed E-state index contributed by atoms with van der Waals surface area (Å²) in [6, 6.07) is 7.79. The Kier molecular flexibility index (Phi) is 7.13. The minimum Gasteiger partial charge on any atom is -0.352 e. The van der Waals surface area contributed by atoms with Crippen LogP contribution in [0.2, 0.25) is 0 Å². The lowest BCUT2D eigenvalue weighted by Crippen LogP contribution is -2.37. The Bertz CT molecular complexity index is 754. The average Bonchev–Trinajstić information content (AvgIpc) is 3.06. The van der Waals surface area contributed by atoms with Crippen molar-refractivity contribution < 1.29 is 4.79 Å². The number of anilines is 1. The molecule has 0 aliphatic carbocycles. The maximum absolute atomic E-state index is 12.0. The third-order valence-corrected chi connectivity index (χ3v) is 4.16. The molecule has 0 bridgehead atoms. The lowest BCUT2D eigenvalue weighted by molar-refractivity contribution is -0.119. The number of benzene rings is 1. The van der Waals surface area contributed by atoms with Gasteiger partial charge in [-0.15, -0.1) is 0 Å². The van der Waals surface area contributed by atoms with E-state index in [4.69, 9.17) is 0 Å². The summed E-state index contributed by atoms with van der Waals surface area (Å²) >= 11 is 0. The largest absolute Gasteiger partial charge is 0.352 e. The highest BCUT2D eigenvalue weighted by atomic mass is 16.1. The van der Waals surface area contributed by atoms with Crippen molar-refractivity contribution in [1.29, 1.82) is 0 Å². The van der Waals surface area contributed by atoms with Crippen LogP contribution in [0.15, 0.2) is 35.6 Å². The molecule has 1 atom stereocenters. The molecular weight excluding hydrogens is 330 g/mol. The smallest absolute Gasteiger partial charge is 0.227 e. The Morgan fingerprint density at radius 3 is 2.73 bits per heavy atom. The molecule has 0 spiro atoms. The zero-order valence-electron chi connectivity index (χ0n) is 15.8. The number of rotatable bonds is 7. The van der Waals surface area contributed by atoms with Crippen LogP contribution >= 0.6 is 0 Å². The fourth-order valence-corrected chi connectivity index (χ4v) is 2.26. The van der Waals surface area contributed by atoms with Gasteiger partial charge < -0.3 is 16.0 Å². The van der Waals surface area contributed by atoms with E-state index in [0.717, 1.165) is 23.5 Å². The molecular formula is C18H27N7O. The normalized spacial score (nSPS) is 12.5. The molecule has 140 valence electrons. The first kappa shape index (κ1) is 19.4. The SMILES string of the molecule is CCC(C)C(=O)Nc1cccc(CNC(=NC)NCc2ncnn2C)c1. The number of carbonyl (C=O) groups is 1. The van der Waals surface area contributed by atoms with Gasteiger partial charge in [0, 0.05) is 32.2 Å². The lowest BCUT2D eigenvalue weighted by Gasteiger charge is -2.13. The van der Waals surface area contributed by atoms with E-state index >= 15 is 0 Å². The molecule has 1 heterocycles. The van der Waals surface area contributed by atoms with Gasteiger partial charge in [-0.3, -0.25) is 14.5 Å². The van der Waals surface area contributed by atoms with Crippen LogP contribution < -0.4 is 16.0 Å². The molecule has 0 aliphatic heterocycles. The number of carbonyl (C=O) groups excluding carboxylic acids is 1. The average molecular weight is 357 g/mol. The second-order valence-corrected chi connectivity index (χ2v) is 6.08. The first-order valence-electron chi connectivity index (χ1n) is 8.70. The van der Waals surface area contributed by atoms with Crippen LogP contribution in [0.5, 0.6) is 0 Å². The van der Waals surface area contributed by atoms with E-state index in [1.165, 1.54) is 6.33 Å². The number of hydrogen-bond donors (Lipinski definition) is 3. The summed E-state index contributed by atoms with van der Waals surface area (Å²) in [5.41, 5.74) is 1.85. The fourth-order valence-electron chi connectivity index (χ4n) is 2.26. The van der Waals surface area contributed by atoms with E-state index in [1.807, 2.05) is 45.2 Å². The number of hydrogen-bond acceptors (Lipinski definition) is 4. The summed E-state index contributed by atoms with van der Waals surface area (Å²) in [5, 5.41) is 13.4. The molecule has 1 amide bonds. The number of aromatic nitrogens is 3. The highest BCUT2D eigenvalue weighted by Gasteiger charge is 2.10. The van der Waals surface area contributed by atoms with Crippen molar-refractivity contribution in [2.45, 2.75) is 33.4 Å². The van der Waals surface area contributed by atoms with E-state index < -0.39 is 0 Å². The summed E-state index contributed by atoms with van der Waals surface area (Å²) in [6.07, 6.45) is 2.34. The van der Waals surface area contributed by atoms with E-state index in [1.54, 1.807) is 11.7 Å². The first-order valence-corrected chi connectivity index (χ1v) is 8.70. The quantitative estimate of drug-likeness (QED) is 0.517. The van der Waals surface area contributed by atoms with Gasteiger partial charge in [-0.05, 0) is 24.1 Å². The topological polar surface area (TPSA) is 96.2 Å². The second-order valence-electron chi connectivity index (χ2n) is 6.08.